The number of ether oxygens (including phenoxy) is 1. The van der Waals surface area contributed by atoms with Crippen molar-refractivity contribution in [3.63, 3.8) is 0 Å². The zero-order chi connectivity index (χ0) is 19.3. The van der Waals surface area contributed by atoms with Crippen molar-refractivity contribution in [2.45, 2.75) is 26.1 Å². The Kier molecular flexibility index (Phi) is 5.74. The van der Waals surface area contributed by atoms with Crippen LogP contribution in [0.4, 0.5) is 0 Å². The van der Waals surface area contributed by atoms with Gasteiger partial charge in [0, 0.05) is 45.6 Å². The van der Waals surface area contributed by atoms with E-state index in [0.29, 0.717) is 12.6 Å². The molecule has 0 spiro atoms. The number of nitrogens with one attached hydrogen (secondary N) is 1. The highest BCUT2D eigenvalue weighted by Crippen LogP contribution is 2.23. The lowest BCUT2D eigenvalue weighted by molar-refractivity contribution is 0.144. The van der Waals surface area contributed by atoms with Crippen LogP contribution in [0.3, 0.4) is 0 Å². The topological polar surface area (TPSA) is 42.3 Å². The number of hydrogen-bond donors (Lipinski definition) is 1. The summed E-state index contributed by atoms with van der Waals surface area (Å²) in [6.07, 6.45) is 3.89. The van der Waals surface area contributed by atoms with Gasteiger partial charge in [0.25, 0.3) is 0 Å². The smallest absolute Gasteiger partial charge is 0.127 e. The third kappa shape index (κ3) is 4.43. The molecule has 1 fully saturated rings. The average molecular weight is 377 g/mol. The molecule has 1 atom stereocenters. The molecule has 1 unspecified atom stereocenters. The molecule has 1 aromatic heterocycles. The van der Waals surface area contributed by atoms with Gasteiger partial charge in [0.1, 0.15) is 18.2 Å². The zero-order valence-corrected chi connectivity index (χ0v) is 16.6. The molecule has 0 amide bonds. The standard InChI is InChI=1S/C23H28N4O/c1-18-3-5-20(6-4-18)17-28-21-9-7-19(8-10-21)16-27-14-11-24-15-22(27)23-25-12-13-26(23)2/h3-10,12-13,22,24H,11,14-17H2,1-2H3. The first kappa shape index (κ1) is 18.7. The molecule has 0 radical (unpaired) electrons. The minimum absolute atomic E-state index is 0.297. The molecule has 4 rings (SSSR count). The van der Waals surface area contributed by atoms with Gasteiger partial charge in [-0.05, 0) is 30.2 Å². The van der Waals surface area contributed by atoms with Crippen molar-refractivity contribution in [3.05, 3.63) is 83.4 Å². The lowest BCUT2D eigenvalue weighted by Gasteiger charge is -2.35. The molecule has 1 aliphatic rings. The van der Waals surface area contributed by atoms with Gasteiger partial charge in [-0.25, -0.2) is 4.98 Å². The number of benzene rings is 2. The largest absolute Gasteiger partial charge is 0.489 e. The maximum Gasteiger partial charge on any atom is 0.127 e. The number of rotatable bonds is 6. The summed E-state index contributed by atoms with van der Waals surface area (Å²) in [5, 5.41) is 3.50. The van der Waals surface area contributed by atoms with Gasteiger partial charge < -0.3 is 14.6 Å². The normalized spacial score (nSPS) is 17.6. The van der Waals surface area contributed by atoms with Gasteiger partial charge in [-0.15, -0.1) is 0 Å². The molecule has 0 bridgehead atoms. The Bertz CT molecular complexity index is 886. The number of aryl methyl sites for hydroxylation is 2. The van der Waals surface area contributed by atoms with Crippen LogP contribution >= 0.6 is 0 Å². The van der Waals surface area contributed by atoms with Crippen molar-refractivity contribution in [3.8, 4) is 5.75 Å². The van der Waals surface area contributed by atoms with E-state index in [9.17, 15) is 0 Å². The van der Waals surface area contributed by atoms with Crippen molar-refractivity contribution in [1.82, 2.24) is 19.8 Å². The first-order chi connectivity index (χ1) is 13.7. The highest BCUT2D eigenvalue weighted by atomic mass is 16.5. The predicted molar refractivity (Wildman–Crippen MR) is 111 cm³/mol. The van der Waals surface area contributed by atoms with E-state index in [4.69, 9.17) is 4.74 Å². The molecular weight excluding hydrogens is 348 g/mol. The van der Waals surface area contributed by atoms with E-state index < -0.39 is 0 Å². The molecule has 1 N–H and O–H groups in total. The van der Waals surface area contributed by atoms with Gasteiger partial charge in [-0.2, -0.15) is 0 Å². The van der Waals surface area contributed by atoms with Crippen molar-refractivity contribution >= 4 is 0 Å². The Morgan fingerprint density at radius 1 is 1.07 bits per heavy atom. The fourth-order valence-electron chi connectivity index (χ4n) is 3.67. The highest BCUT2D eigenvalue weighted by molar-refractivity contribution is 5.28. The molecule has 146 valence electrons. The van der Waals surface area contributed by atoms with Gasteiger partial charge in [-0.1, -0.05) is 42.0 Å². The Balaban J connectivity index is 1.38. The van der Waals surface area contributed by atoms with Crippen LogP contribution in [0.25, 0.3) is 0 Å². The molecule has 5 heteroatoms. The molecule has 0 saturated carbocycles. The van der Waals surface area contributed by atoms with Gasteiger partial charge in [0.15, 0.2) is 0 Å². The molecule has 2 heterocycles. The Labute approximate surface area is 167 Å². The van der Waals surface area contributed by atoms with E-state index in [1.54, 1.807) is 0 Å². The second kappa shape index (κ2) is 8.59. The van der Waals surface area contributed by atoms with E-state index in [-0.39, 0.29) is 0 Å². The van der Waals surface area contributed by atoms with Crippen LogP contribution in [0.1, 0.15) is 28.6 Å². The van der Waals surface area contributed by atoms with Crippen LogP contribution < -0.4 is 10.1 Å². The number of piperazine rings is 1. The summed E-state index contributed by atoms with van der Waals surface area (Å²) in [6, 6.07) is 17.2. The zero-order valence-electron chi connectivity index (χ0n) is 16.6. The first-order valence-electron chi connectivity index (χ1n) is 9.88. The van der Waals surface area contributed by atoms with Crippen LogP contribution in [0, 0.1) is 6.92 Å². The fraction of sp³-hybridized carbons (Fsp3) is 0.348. The lowest BCUT2D eigenvalue weighted by atomic mass is 10.1. The molecule has 0 aliphatic carbocycles. The van der Waals surface area contributed by atoms with Gasteiger partial charge in [-0.3, -0.25) is 4.90 Å². The van der Waals surface area contributed by atoms with E-state index in [1.807, 2.05) is 12.4 Å². The minimum Gasteiger partial charge on any atom is -0.489 e. The first-order valence-corrected chi connectivity index (χ1v) is 9.88. The molecular formula is C23H28N4O. The molecule has 1 saturated heterocycles. The fourth-order valence-corrected chi connectivity index (χ4v) is 3.67. The monoisotopic (exact) mass is 376 g/mol. The summed E-state index contributed by atoms with van der Waals surface area (Å²) in [7, 11) is 2.06. The average Bonchev–Trinajstić information content (AvgIpc) is 3.15. The van der Waals surface area contributed by atoms with E-state index >= 15 is 0 Å². The quantitative estimate of drug-likeness (QED) is 0.716. The third-order valence-electron chi connectivity index (χ3n) is 5.35. The highest BCUT2D eigenvalue weighted by Gasteiger charge is 2.26. The number of aromatic nitrogens is 2. The van der Waals surface area contributed by atoms with Crippen LogP contribution in [0.2, 0.25) is 0 Å². The Morgan fingerprint density at radius 3 is 2.54 bits per heavy atom. The summed E-state index contributed by atoms with van der Waals surface area (Å²) in [5.74, 6) is 2.02. The van der Waals surface area contributed by atoms with Crippen LogP contribution in [-0.2, 0) is 20.2 Å². The van der Waals surface area contributed by atoms with Crippen molar-refractivity contribution < 1.29 is 4.74 Å². The van der Waals surface area contributed by atoms with Crippen molar-refractivity contribution in [2.24, 2.45) is 7.05 Å². The Hall–Kier alpha value is -2.63. The molecule has 5 nitrogen and oxygen atoms in total. The number of imidazole rings is 1. The van der Waals surface area contributed by atoms with Crippen molar-refractivity contribution in [1.29, 1.82) is 0 Å². The molecule has 2 aromatic carbocycles. The minimum atomic E-state index is 0.297. The summed E-state index contributed by atoms with van der Waals surface area (Å²) >= 11 is 0. The van der Waals surface area contributed by atoms with Gasteiger partial charge >= 0.3 is 0 Å². The summed E-state index contributed by atoms with van der Waals surface area (Å²) in [5.41, 5.74) is 3.75. The van der Waals surface area contributed by atoms with E-state index in [1.165, 1.54) is 16.7 Å². The summed E-state index contributed by atoms with van der Waals surface area (Å²) < 4.78 is 8.05. The maximum absolute atomic E-state index is 5.94. The summed E-state index contributed by atoms with van der Waals surface area (Å²) in [6.45, 7) is 6.57. The van der Waals surface area contributed by atoms with Crippen LogP contribution in [0.15, 0.2) is 60.9 Å². The lowest BCUT2D eigenvalue weighted by Crippen LogP contribution is -2.46. The Morgan fingerprint density at radius 2 is 1.82 bits per heavy atom. The molecule has 1 aliphatic heterocycles. The SMILES string of the molecule is Cc1ccc(COc2ccc(CN3CCNCC3c3nccn3C)cc2)cc1. The predicted octanol–water partition coefficient (Wildman–Crippen LogP) is 3.45. The maximum atomic E-state index is 5.94. The van der Waals surface area contributed by atoms with E-state index in [0.717, 1.165) is 37.8 Å². The van der Waals surface area contributed by atoms with Gasteiger partial charge in [0.2, 0.25) is 0 Å². The van der Waals surface area contributed by atoms with Gasteiger partial charge in [0.05, 0.1) is 6.04 Å². The van der Waals surface area contributed by atoms with Crippen LogP contribution in [-0.4, -0.2) is 34.1 Å². The van der Waals surface area contributed by atoms with Crippen LogP contribution in [0.5, 0.6) is 5.75 Å². The summed E-state index contributed by atoms with van der Waals surface area (Å²) in [4.78, 5) is 7.07. The van der Waals surface area contributed by atoms with Crippen molar-refractivity contribution in [2.75, 3.05) is 19.6 Å². The third-order valence-corrected chi connectivity index (χ3v) is 5.35. The number of hydrogen-bond acceptors (Lipinski definition) is 4. The van der Waals surface area contributed by atoms with E-state index in [2.05, 4.69) is 82.3 Å². The molecule has 28 heavy (non-hydrogen) atoms. The molecule has 3 aromatic rings. The second-order valence-corrected chi connectivity index (χ2v) is 7.50. The second-order valence-electron chi connectivity index (χ2n) is 7.50. The number of nitrogens with zero attached hydrogens (tertiary/aromatic N) is 3.